The summed E-state index contributed by atoms with van der Waals surface area (Å²) in [4.78, 5) is 0. The number of aryl methyl sites for hydroxylation is 1. The zero-order chi connectivity index (χ0) is 9.26. The molecule has 2 heteroatoms. The Labute approximate surface area is 87.7 Å². The molecule has 1 N–H and O–H groups in total. The van der Waals surface area contributed by atoms with Crippen molar-refractivity contribution < 1.29 is 0 Å². The molecule has 1 aromatic carbocycles. The highest BCUT2D eigenvalue weighted by atomic mass is 79.9. The second-order valence-electron chi connectivity index (χ2n) is 3.74. The summed E-state index contributed by atoms with van der Waals surface area (Å²) in [5, 5.41) is 3.50. The second kappa shape index (κ2) is 3.81. The van der Waals surface area contributed by atoms with Crippen molar-refractivity contribution in [2.45, 2.75) is 32.4 Å². The Morgan fingerprint density at radius 3 is 2.85 bits per heavy atom. The van der Waals surface area contributed by atoms with Crippen LogP contribution < -0.4 is 5.32 Å². The standard InChI is InChI=1S/C11H14BrN/c1-8-6-9(2-5-11(8)12)7-13-10-3-4-10/h2,5-6,10,13H,3-4,7H2,1H3. The van der Waals surface area contributed by atoms with E-state index in [-0.39, 0.29) is 0 Å². The van der Waals surface area contributed by atoms with Crippen LogP contribution in [0.2, 0.25) is 0 Å². The third-order valence-corrected chi connectivity index (χ3v) is 3.28. The van der Waals surface area contributed by atoms with E-state index in [0.29, 0.717) is 0 Å². The molecule has 0 bridgehead atoms. The molecule has 0 amide bonds. The molecule has 0 spiro atoms. The summed E-state index contributed by atoms with van der Waals surface area (Å²) < 4.78 is 1.20. The van der Waals surface area contributed by atoms with E-state index in [1.807, 2.05) is 0 Å². The molecule has 0 radical (unpaired) electrons. The van der Waals surface area contributed by atoms with Gasteiger partial charge >= 0.3 is 0 Å². The summed E-state index contributed by atoms with van der Waals surface area (Å²) in [5.74, 6) is 0. The van der Waals surface area contributed by atoms with Crippen molar-refractivity contribution >= 4 is 15.9 Å². The molecule has 1 aromatic rings. The van der Waals surface area contributed by atoms with Crippen molar-refractivity contribution in [1.29, 1.82) is 0 Å². The first-order valence-electron chi connectivity index (χ1n) is 4.74. The average Bonchev–Trinajstić information content (AvgIpc) is 2.91. The summed E-state index contributed by atoms with van der Waals surface area (Å²) in [6.45, 7) is 3.14. The summed E-state index contributed by atoms with van der Waals surface area (Å²) in [5.41, 5.74) is 2.70. The highest BCUT2D eigenvalue weighted by molar-refractivity contribution is 9.10. The van der Waals surface area contributed by atoms with Crippen LogP contribution in [0, 0.1) is 6.92 Å². The van der Waals surface area contributed by atoms with Gasteiger partial charge in [-0.3, -0.25) is 0 Å². The molecule has 0 aromatic heterocycles. The van der Waals surface area contributed by atoms with E-state index in [9.17, 15) is 0 Å². The summed E-state index contributed by atoms with van der Waals surface area (Å²) in [6.07, 6.45) is 2.71. The topological polar surface area (TPSA) is 12.0 Å². The highest BCUT2D eigenvalue weighted by Crippen LogP contribution is 2.21. The fourth-order valence-corrected chi connectivity index (χ4v) is 1.61. The van der Waals surface area contributed by atoms with Crippen molar-refractivity contribution in [3.05, 3.63) is 33.8 Å². The Kier molecular flexibility index (Phi) is 2.70. The van der Waals surface area contributed by atoms with E-state index in [0.717, 1.165) is 12.6 Å². The van der Waals surface area contributed by atoms with Gasteiger partial charge in [-0.25, -0.2) is 0 Å². The Bertz CT molecular complexity index is 305. The SMILES string of the molecule is Cc1cc(CNC2CC2)ccc1Br. The number of rotatable bonds is 3. The molecule has 0 heterocycles. The molecule has 1 saturated carbocycles. The van der Waals surface area contributed by atoms with Crippen molar-refractivity contribution in [1.82, 2.24) is 5.32 Å². The van der Waals surface area contributed by atoms with E-state index < -0.39 is 0 Å². The normalized spacial score (nSPS) is 16.2. The molecule has 0 atom stereocenters. The van der Waals surface area contributed by atoms with Crippen LogP contribution in [-0.2, 0) is 6.54 Å². The van der Waals surface area contributed by atoms with Crippen LogP contribution in [0.4, 0.5) is 0 Å². The largest absolute Gasteiger partial charge is 0.310 e. The first-order chi connectivity index (χ1) is 6.25. The van der Waals surface area contributed by atoms with Gasteiger partial charge in [0.1, 0.15) is 0 Å². The van der Waals surface area contributed by atoms with Gasteiger partial charge in [-0.05, 0) is 37.0 Å². The fourth-order valence-electron chi connectivity index (χ4n) is 1.37. The minimum Gasteiger partial charge on any atom is -0.310 e. The van der Waals surface area contributed by atoms with Gasteiger partial charge in [0.2, 0.25) is 0 Å². The molecular formula is C11H14BrN. The molecule has 0 saturated heterocycles. The number of benzene rings is 1. The number of nitrogens with one attached hydrogen (secondary N) is 1. The highest BCUT2D eigenvalue weighted by Gasteiger charge is 2.19. The van der Waals surface area contributed by atoms with E-state index in [4.69, 9.17) is 0 Å². The lowest BCUT2D eigenvalue weighted by Crippen LogP contribution is -2.15. The summed E-state index contributed by atoms with van der Waals surface area (Å²) in [7, 11) is 0. The lowest BCUT2D eigenvalue weighted by Gasteiger charge is -2.05. The first-order valence-corrected chi connectivity index (χ1v) is 5.53. The van der Waals surface area contributed by atoms with Crippen LogP contribution in [-0.4, -0.2) is 6.04 Å². The molecule has 1 fully saturated rings. The molecule has 1 aliphatic carbocycles. The lowest BCUT2D eigenvalue weighted by atomic mass is 10.1. The van der Waals surface area contributed by atoms with Gasteiger partial charge < -0.3 is 5.32 Å². The Hall–Kier alpha value is -0.340. The third-order valence-electron chi connectivity index (χ3n) is 2.39. The van der Waals surface area contributed by atoms with Gasteiger partial charge in [0.05, 0.1) is 0 Å². The number of hydrogen-bond acceptors (Lipinski definition) is 1. The van der Waals surface area contributed by atoms with Crippen LogP contribution in [0.1, 0.15) is 24.0 Å². The molecular weight excluding hydrogens is 226 g/mol. The molecule has 0 aliphatic heterocycles. The predicted octanol–water partition coefficient (Wildman–Crippen LogP) is 3.01. The van der Waals surface area contributed by atoms with Gasteiger partial charge in [0.25, 0.3) is 0 Å². The third kappa shape index (κ3) is 2.55. The Morgan fingerprint density at radius 1 is 1.46 bits per heavy atom. The van der Waals surface area contributed by atoms with Crippen LogP contribution in [0.15, 0.2) is 22.7 Å². The molecule has 2 rings (SSSR count). The minimum atomic E-state index is 0.795. The van der Waals surface area contributed by atoms with Gasteiger partial charge in [-0.1, -0.05) is 28.1 Å². The first kappa shape index (κ1) is 9.22. The van der Waals surface area contributed by atoms with Crippen LogP contribution in [0.3, 0.4) is 0 Å². The summed E-state index contributed by atoms with van der Waals surface area (Å²) >= 11 is 3.50. The summed E-state index contributed by atoms with van der Waals surface area (Å²) in [6, 6.07) is 7.33. The Morgan fingerprint density at radius 2 is 2.23 bits per heavy atom. The molecule has 1 nitrogen and oxygen atoms in total. The maximum atomic E-state index is 3.50. The quantitative estimate of drug-likeness (QED) is 0.856. The zero-order valence-corrected chi connectivity index (χ0v) is 9.39. The van der Waals surface area contributed by atoms with Crippen LogP contribution >= 0.6 is 15.9 Å². The molecule has 13 heavy (non-hydrogen) atoms. The number of halogens is 1. The van der Waals surface area contributed by atoms with Crippen LogP contribution in [0.5, 0.6) is 0 Å². The van der Waals surface area contributed by atoms with Crippen molar-refractivity contribution in [3.63, 3.8) is 0 Å². The molecule has 0 unspecified atom stereocenters. The fraction of sp³-hybridized carbons (Fsp3) is 0.455. The Balaban J connectivity index is 1.98. The maximum absolute atomic E-state index is 3.50. The molecule has 70 valence electrons. The average molecular weight is 240 g/mol. The lowest BCUT2D eigenvalue weighted by molar-refractivity contribution is 0.687. The van der Waals surface area contributed by atoms with Crippen molar-refractivity contribution in [3.8, 4) is 0 Å². The maximum Gasteiger partial charge on any atom is 0.0208 e. The predicted molar refractivity (Wildman–Crippen MR) is 58.7 cm³/mol. The number of hydrogen-bond donors (Lipinski definition) is 1. The zero-order valence-electron chi connectivity index (χ0n) is 7.81. The van der Waals surface area contributed by atoms with E-state index in [1.165, 1.54) is 28.4 Å². The monoisotopic (exact) mass is 239 g/mol. The molecule has 1 aliphatic rings. The van der Waals surface area contributed by atoms with Crippen LogP contribution in [0.25, 0.3) is 0 Å². The van der Waals surface area contributed by atoms with E-state index in [1.54, 1.807) is 0 Å². The second-order valence-corrected chi connectivity index (χ2v) is 4.59. The van der Waals surface area contributed by atoms with Gasteiger partial charge in [-0.15, -0.1) is 0 Å². The van der Waals surface area contributed by atoms with Crippen molar-refractivity contribution in [2.75, 3.05) is 0 Å². The smallest absolute Gasteiger partial charge is 0.0208 e. The van der Waals surface area contributed by atoms with Gasteiger partial charge in [-0.2, -0.15) is 0 Å². The van der Waals surface area contributed by atoms with E-state index in [2.05, 4.69) is 46.4 Å². The van der Waals surface area contributed by atoms with Crippen molar-refractivity contribution in [2.24, 2.45) is 0 Å². The van der Waals surface area contributed by atoms with E-state index >= 15 is 0 Å². The minimum absolute atomic E-state index is 0.795. The van der Waals surface area contributed by atoms with Gasteiger partial charge in [0, 0.05) is 17.1 Å². The van der Waals surface area contributed by atoms with Gasteiger partial charge in [0.15, 0.2) is 0 Å².